The molecule has 1 saturated heterocycles. The molecule has 0 saturated carbocycles. The molecule has 2 N–H and O–H groups in total. The van der Waals surface area contributed by atoms with Crippen LogP contribution in [0.1, 0.15) is 29.7 Å². The van der Waals surface area contributed by atoms with Crippen LogP contribution in [0.4, 0.5) is 5.95 Å². The molecule has 0 bridgehead atoms. The second-order valence-electron chi connectivity index (χ2n) is 5.89. The van der Waals surface area contributed by atoms with Crippen LogP contribution in [0, 0.1) is 0 Å². The number of nitrogens with zero attached hydrogens (tertiary/aromatic N) is 3. The van der Waals surface area contributed by atoms with E-state index in [2.05, 4.69) is 29.2 Å². The molecule has 1 aliphatic carbocycles. The molecule has 108 valence electrons. The molecule has 0 atom stereocenters. The average molecular weight is 280 g/mol. The monoisotopic (exact) mass is 280 g/mol. The third-order valence-corrected chi connectivity index (χ3v) is 4.52. The number of rotatable bonds is 3. The fraction of sp³-hybridized carbons (Fsp3) is 0.412. The lowest BCUT2D eigenvalue weighted by atomic mass is 10.0. The van der Waals surface area contributed by atoms with E-state index >= 15 is 0 Å². The number of hydrogen-bond acceptors (Lipinski definition) is 4. The summed E-state index contributed by atoms with van der Waals surface area (Å²) in [4.78, 5) is 11.9. The highest BCUT2D eigenvalue weighted by atomic mass is 15.3. The van der Waals surface area contributed by atoms with Crippen LogP contribution in [-0.2, 0) is 19.4 Å². The van der Waals surface area contributed by atoms with Gasteiger partial charge in [-0.15, -0.1) is 0 Å². The van der Waals surface area contributed by atoms with Crippen LogP contribution in [-0.4, -0.2) is 23.1 Å². The van der Waals surface area contributed by atoms with E-state index in [1.807, 2.05) is 0 Å². The van der Waals surface area contributed by atoms with Crippen molar-refractivity contribution in [2.24, 2.45) is 5.73 Å². The van der Waals surface area contributed by atoms with E-state index in [1.54, 1.807) is 0 Å². The highest BCUT2D eigenvalue weighted by molar-refractivity contribution is 5.66. The standard InChI is InChI=1S/C17H20N4/c18-11-12-5-7-13(8-6-12)16-14-3-1-4-15(14)19-17(20-16)21-9-2-10-21/h5-8H,1-4,9-11,18H2. The van der Waals surface area contributed by atoms with Crippen molar-refractivity contribution in [1.82, 2.24) is 9.97 Å². The molecule has 4 nitrogen and oxygen atoms in total. The number of fused-ring (bicyclic) bond motifs is 1. The molecule has 21 heavy (non-hydrogen) atoms. The Morgan fingerprint density at radius 3 is 2.48 bits per heavy atom. The number of benzene rings is 1. The molecule has 4 rings (SSSR count). The molecule has 1 fully saturated rings. The summed E-state index contributed by atoms with van der Waals surface area (Å²) >= 11 is 0. The maximum Gasteiger partial charge on any atom is 0.226 e. The third-order valence-electron chi connectivity index (χ3n) is 4.52. The summed E-state index contributed by atoms with van der Waals surface area (Å²) in [6.07, 6.45) is 4.64. The second kappa shape index (κ2) is 5.11. The van der Waals surface area contributed by atoms with Gasteiger partial charge in [0.2, 0.25) is 5.95 Å². The molecular formula is C17H20N4. The number of aryl methyl sites for hydroxylation is 1. The molecule has 0 spiro atoms. The Hall–Kier alpha value is -1.94. The summed E-state index contributed by atoms with van der Waals surface area (Å²) in [5, 5.41) is 0. The molecule has 2 aromatic rings. The minimum atomic E-state index is 0.585. The Morgan fingerprint density at radius 2 is 1.81 bits per heavy atom. The summed E-state index contributed by atoms with van der Waals surface area (Å²) in [7, 11) is 0. The highest BCUT2D eigenvalue weighted by Crippen LogP contribution is 2.32. The Morgan fingerprint density at radius 1 is 1.00 bits per heavy atom. The van der Waals surface area contributed by atoms with Gasteiger partial charge in [-0.05, 0) is 31.2 Å². The van der Waals surface area contributed by atoms with Crippen molar-refractivity contribution in [2.45, 2.75) is 32.2 Å². The molecule has 2 aliphatic rings. The van der Waals surface area contributed by atoms with Gasteiger partial charge in [0, 0.05) is 36.5 Å². The van der Waals surface area contributed by atoms with E-state index in [9.17, 15) is 0 Å². The first-order valence-corrected chi connectivity index (χ1v) is 7.79. The number of nitrogens with two attached hydrogens (primary N) is 1. The first kappa shape index (κ1) is 12.8. The number of anilines is 1. The van der Waals surface area contributed by atoms with Crippen molar-refractivity contribution in [2.75, 3.05) is 18.0 Å². The van der Waals surface area contributed by atoms with E-state index in [0.717, 1.165) is 43.1 Å². The smallest absolute Gasteiger partial charge is 0.226 e. The Balaban J connectivity index is 1.80. The van der Waals surface area contributed by atoms with E-state index in [0.29, 0.717) is 6.54 Å². The lowest BCUT2D eigenvalue weighted by Gasteiger charge is -2.31. The minimum Gasteiger partial charge on any atom is -0.341 e. The zero-order valence-corrected chi connectivity index (χ0v) is 12.2. The summed E-state index contributed by atoms with van der Waals surface area (Å²) in [5.74, 6) is 0.916. The summed E-state index contributed by atoms with van der Waals surface area (Å²) in [6.45, 7) is 2.76. The zero-order chi connectivity index (χ0) is 14.2. The van der Waals surface area contributed by atoms with Crippen LogP contribution in [0.5, 0.6) is 0 Å². The van der Waals surface area contributed by atoms with E-state index in [1.165, 1.54) is 29.7 Å². The molecule has 0 radical (unpaired) electrons. The quantitative estimate of drug-likeness (QED) is 0.937. The van der Waals surface area contributed by atoms with Gasteiger partial charge in [-0.3, -0.25) is 0 Å². The van der Waals surface area contributed by atoms with Crippen LogP contribution in [0.15, 0.2) is 24.3 Å². The Kier molecular flexibility index (Phi) is 3.11. The largest absolute Gasteiger partial charge is 0.341 e. The summed E-state index contributed by atoms with van der Waals surface area (Å²) in [5.41, 5.74) is 11.8. The van der Waals surface area contributed by atoms with Crippen LogP contribution in [0.2, 0.25) is 0 Å². The van der Waals surface area contributed by atoms with Crippen molar-refractivity contribution in [1.29, 1.82) is 0 Å². The van der Waals surface area contributed by atoms with Gasteiger partial charge in [0.15, 0.2) is 0 Å². The predicted molar refractivity (Wildman–Crippen MR) is 84.2 cm³/mol. The SMILES string of the molecule is NCc1ccc(-c2nc(N3CCC3)nc3c2CCC3)cc1. The molecule has 1 aliphatic heterocycles. The first-order chi connectivity index (χ1) is 10.3. The van der Waals surface area contributed by atoms with E-state index < -0.39 is 0 Å². The summed E-state index contributed by atoms with van der Waals surface area (Å²) < 4.78 is 0. The molecule has 2 heterocycles. The molecule has 1 aromatic carbocycles. The molecule has 4 heteroatoms. The predicted octanol–water partition coefficient (Wildman–Crippen LogP) is 2.30. The van der Waals surface area contributed by atoms with Crippen molar-refractivity contribution < 1.29 is 0 Å². The topological polar surface area (TPSA) is 55.0 Å². The van der Waals surface area contributed by atoms with Gasteiger partial charge < -0.3 is 10.6 Å². The molecule has 0 unspecified atom stereocenters. The van der Waals surface area contributed by atoms with Crippen LogP contribution in [0.25, 0.3) is 11.3 Å². The van der Waals surface area contributed by atoms with E-state index in [-0.39, 0.29) is 0 Å². The Bertz CT molecular complexity index is 659. The van der Waals surface area contributed by atoms with Gasteiger partial charge in [-0.1, -0.05) is 24.3 Å². The van der Waals surface area contributed by atoms with Crippen molar-refractivity contribution in [3.8, 4) is 11.3 Å². The van der Waals surface area contributed by atoms with Crippen LogP contribution < -0.4 is 10.6 Å². The van der Waals surface area contributed by atoms with Crippen molar-refractivity contribution >= 4 is 5.95 Å². The number of hydrogen-bond donors (Lipinski definition) is 1. The fourth-order valence-corrected chi connectivity index (χ4v) is 3.11. The summed E-state index contributed by atoms with van der Waals surface area (Å²) in [6, 6.07) is 8.48. The van der Waals surface area contributed by atoms with Gasteiger partial charge >= 0.3 is 0 Å². The fourth-order valence-electron chi connectivity index (χ4n) is 3.11. The van der Waals surface area contributed by atoms with Gasteiger partial charge in [-0.25, -0.2) is 9.97 Å². The van der Waals surface area contributed by atoms with Crippen LogP contribution in [0.3, 0.4) is 0 Å². The van der Waals surface area contributed by atoms with Crippen LogP contribution >= 0.6 is 0 Å². The van der Waals surface area contributed by atoms with Crippen molar-refractivity contribution in [3.05, 3.63) is 41.1 Å². The zero-order valence-electron chi connectivity index (χ0n) is 12.2. The highest BCUT2D eigenvalue weighted by Gasteiger charge is 2.24. The van der Waals surface area contributed by atoms with E-state index in [4.69, 9.17) is 15.7 Å². The second-order valence-corrected chi connectivity index (χ2v) is 5.89. The normalized spacial score (nSPS) is 16.7. The van der Waals surface area contributed by atoms with Gasteiger partial charge in [0.1, 0.15) is 0 Å². The lowest BCUT2D eigenvalue weighted by molar-refractivity contribution is 0.599. The maximum atomic E-state index is 5.69. The minimum absolute atomic E-state index is 0.585. The molecule has 1 aromatic heterocycles. The lowest BCUT2D eigenvalue weighted by Crippen LogP contribution is -2.38. The third kappa shape index (κ3) is 2.20. The first-order valence-electron chi connectivity index (χ1n) is 7.79. The molecule has 0 amide bonds. The Labute approximate surface area is 125 Å². The van der Waals surface area contributed by atoms with Gasteiger partial charge in [-0.2, -0.15) is 0 Å². The molecular weight excluding hydrogens is 260 g/mol. The number of aromatic nitrogens is 2. The maximum absolute atomic E-state index is 5.69. The average Bonchev–Trinajstić information content (AvgIpc) is 2.93. The van der Waals surface area contributed by atoms with Crippen molar-refractivity contribution in [3.63, 3.8) is 0 Å². The van der Waals surface area contributed by atoms with Gasteiger partial charge in [0.05, 0.1) is 5.69 Å². The van der Waals surface area contributed by atoms with Gasteiger partial charge in [0.25, 0.3) is 0 Å².